The van der Waals surface area contributed by atoms with Crippen molar-refractivity contribution >= 4 is 29.0 Å². The molecule has 0 unspecified atom stereocenters. The fourth-order valence-corrected chi connectivity index (χ4v) is 2.37. The topological polar surface area (TPSA) is 85.7 Å². The fourth-order valence-electron chi connectivity index (χ4n) is 1.04. The smallest absolute Gasteiger partial charge is 0.322 e. The van der Waals surface area contributed by atoms with Gasteiger partial charge in [0.25, 0.3) is 0 Å². The Hall–Kier alpha value is -1.48. The largest absolute Gasteiger partial charge is 0.461 e. The Morgan fingerprint density at radius 1 is 1.33 bits per heavy atom. The lowest BCUT2D eigenvalue weighted by molar-refractivity contribution is 0.219. The Bertz CT molecular complexity index is 504. The van der Waals surface area contributed by atoms with Gasteiger partial charge in [-0.25, -0.2) is 0 Å². The van der Waals surface area contributed by atoms with Crippen molar-refractivity contribution in [1.29, 1.82) is 0 Å². The quantitative estimate of drug-likeness (QED) is 0.888. The van der Waals surface area contributed by atoms with Gasteiger partial charge in [-0.3, -0.25) is 0 Å². The number of rotatable bonds is 5. The maximum Gasteiger partial charge on any atom is 0.322 e. The van der Waals surface area contributed by atoms with Crippen molar-refractivity contribution in [3.63, 3.8) is 0 Å². The summed E-state index contributed by atoms with van der Waals surface area (Å²) in [7, 11) is 1.74. The van der Waals surface area contributed by atoms with E-state index in [1.54, 1.807) is 12.6 Å². The normalized spacial score (nSPS) is 10.7. The molecule has 0 fully saturated rings. The van der Waals surface area contributed by atoms with Crippen LogP contribution in [0.5, 0.6) is 6.01 Å². The molecule has 0 aliphatic carbocycles. The zero-order valence-corrected chi connectivity index (χ0v) is 11.7. The van der Waals surface area contributed by atoms with Crippen LogP contribution in [-0.4, -0.2) is 38.3 Å². The van der Waals surface area contributed by atoms with Crippen molar-refractivity contribution in [1.82, 2.24) is 25.1 Å². The van der Waals surface area contributed by atoms with Gasteiger partial charge >= 0.3 is 6.01 Å². The Labute approximate surface area is 112 Å². The molecule has 2 heterocycles. The highest BCUT2D eigenvalue weighted by molar-refractivity contribution is 8.00. The minimum Gasteiger partial charge on any atom is -0.461 e. The molecule has 0 saturated carbocycles. The first-order valence-electron chi connectivity index (χ1n) is 5.22. The van der Waals surface area contributed by atoms with Crippen LogP contribution in [0.3, 0.4) is 0 Å². The van der Waals surface area contributed by atoms with Gasteiger partial charge in [-0.1, -0.05) is 11.3 Å². The van der Waals surface area contributed by atoms with E-state index in [-0.39, 0.29) is 6.10 Å². The molecular formula is C9H12N6OS2. The summed E-state index contributed by atoms with van der Waals surface area (Å²) in [5, 5.41) is 11.1. The van der Waals surface area contributed by atoms with Gasteiger partial charge < -0.3 is 10.1 Å². The summed E-state index contributed by atoms with van der Waals surface area (Å²) in [5.74, 6) is 0.465. The summed E-state index contributed by atoms with van der Waals surface area (Å²) >= 11 is 2.76. The Kier molecular flexibility index (Phi) is 4.26. The maximum atomic E-state index is 5.47. The lowest BCUT2D eigenvalue weighted by Gasteiger charge is -2.09. The summed E-state index contributed by atoms with van der Waals surface area (Å²) in [5.41, 5.74) is 1.66. The molecule has 2 aromatic heterocycles. The van der Waals surface area contributed by atoms with Crippen molar-refractivity contribution < 1.29 is 4.74 Å². The first kappa shape index (κ1) is 13.0. The van der Waals surface area contributed by atoms with E-state index in [1.165, 1.54) is 23.1 Å². The molecule has 0 spiro atoms. The molecule has 7 nitrogen and oxygen atoms in total. The van der Waals surface area contributed by atoms with Crippen molar-refractivity contribution in [2.24, 2.45) is 0 Å². The van der Waals surface area contributed by atoms with Crippen molar-refractivity contribution in [3.05, 3.63) is 5.51 Å². The van der Waals surface area contributed by atoms with Gasteiger partial charge in [0.1, 0.15) is 5.51 Å². The molecule has 0 aromatic carbocycles. The van der Waals surface area contributed by atoms with Crippen LogP contribution >= 0.6 is 23.1 Å². The highest BCUT2D eigenvalue weighted by Crippen LogP contribution is 2.27. The molecule has 0 radical (unpaired) electrons. The van der Waals surface area contributed by atoms with Gasteiger partial charge in [0.2, 0.25) is 11.1 Å². The van der Waals surface area contributed by atoms with E-state index in [0.717, 1.165) is 4.34 Å². The average molecular weight is 284 g/mol. The molecule has 2 rings (SSSR count). The van der Waals surface area contributed by atoms with Gasteiger partial charge in [0, 0.05) is 7.05 Å². The molecule has 0 saturated heterocycles. The Morgan fingerprint density at radius 2 is 2.17 bits per heavy atom. The predicted octanol–water partition coefficient (Wildman–Crippen LogP) is 1.70. The minimum absolute atomic E-state index is 0.0106. The van der Waals surface area contributed by atoms with Crippen LogP contribution in [0.4, 0.5) is 5.95 Å². The fraction of sp³-hybridized carbons (Fsp3) is 0.444. The summed E-state index contributed by atoms with van der Waals surface area (Å²) in [6, 6.07) is 0.302. The summed E-state index contributed by atoms with van der Waals surface area (Å²) in [6.07, 6.45) is 0.0106. The van der Waals surface area contributed by atoms with Crippen LogP contribution in [0.25, 0.3) is 0 Å². The second-order valence-electron chi connectivity index (χ2n) is 3.45. The molecule has 0 aliphatic heterocycles. The first-order valence-corrected chi connectivity index (χ1v) is 6.91. The number of nitrogens with zero attached hydrogens (tertiary/aromatic N) is 5. The summed E-state index contributed by atoms with van der Waals surface area (Å²) < 4.78 is 6.24. The molecule has 18 heavy (non-hydrogen) atoms. The third-order valence-corrected chi connectivity index (χ3v) is 3.32. The monoisotopic (exact) mass is 284 g/mol. The molecule has 0 aliphatic rings. The SMILES string of the molecule is CNc1nc(OC(C)C)nc(Sc2nncs2)n1. The number of nitrogens with one attached hydrogen (secondary N) is 1. The van der Waals surface area contributed by atoms with E-state index in [4.69, 9.17) is 4.74 Å². The summed E-state index contributed by atoms with van der Waals surface area (Å²) in [4.78, 5) is 12.6. The van der Waals surface area contributed by atoms with Crippen LogP contribution in [-0.2, 0) is 0 Å². The standard InChI is InChI=1S/C9H12N6OS2/c1-5(2)16-7-12-6(10-3)13-8(14-7)18-9-15-11-4-17-9/h4-5H,1-3H3,(H,10,12,13,14). The van der Waals surface area contributed by atoms with Crippen LogP contribution in [0, 0.1) is 0 Å². The number of hydrogen-bond donors (Lipinski definition) is 1. The lowest BCUT2D eigenvalue weighted by atomic mass is 10.5. The van der Waals surface area contributed by atoms with Crippen LogP contribution < -0.4 is 10.1 Å². The zero-order valence-electron chi connectivity index (χ0n) is 10.1. The molecule has 1 N–H and O–H groups in total. The van der Waals surface area contributed by atoms with Gasteiger partial charge in [0.05, 0.1) is 6.10 Å². The van der Waals surface area contributed by atoms with E-state index in [9.17, 15) is 0 Å². The second-order valence-corrected chi connectivity index (χ2v) is 5.50. The Balaban J connectivity index is 2.23. The van der Waals surface area contributed by atoms with Gasteiger partial charge in [0.15, 0.2) is 4.34 Å². The minimum atomic E-state index is 0.0106. The lowest BCUT2D eigenvalue weighted by Crippen LogP contribution is -2.10. The van der Waals surface area contributed by atoms with Crippen molar-refractivity contribution in [2.75, 3.05) is 12.4 Å². The highest BCUT2D eigenvalue weighted by atomic mass is 32.2. The third-order valence-electron chi connectivity index (χ3n) is 1.68. The average Bonchev–Trinajstić information content (AvgIpc) is 2.80. The number of ether oxygens (including phenoxy) is 1. The number of hydrogen-bond acceptors (Lipinski definition) is 9. The van der Waals surface area contributed by atoms with E-state index in [2.05, 4.69) is 30.5 Å². The summed E-state index contributed by atoms with van der Waals surface area (Å²) in [6.45, 7) is 3.83. The molecule has 0 atom stereocenters. The first-order chi connectivity index (χ1) is 8.67. The van der Waals surface area contributed by atoms with Crippen molar-refractivity contribution in [2.45, 2.75) is 29.4 Å². The van der Waals surface area contributed by atoms with E-state index in [0.29, 0.717) is 17.1 Å². The molecular weight excluding hydrogens is 272 g/mol. The highest BCUT2D eigenvalue weighted by Gasteiger charge is 2.11. The van der Waals surface area contributed by atoms with Gasteiger partial charge in [-0.2, -0.15) is 15.0 Å². The molecule has 2 aromatic rings. The van der Waals surface area contributed by atoms with Crippen LogP contribution in [0.15, 0.2) is 15.0 Å². The number of aromatic nitrogens is 5. The van der Waals surface area contributed by atoms with Crippen LogP contribution in [0.1, 0.15) is 13.8 Å². The molecule has 0 bridgehead atoms. The van der Waals surface area contributed by atoms with Gasteiger partial charge in [-0.15, -0.1) is 10.2 Å². The predicted molar refractivity (Wildman–Crippen MR) is 69.2 cm³/mol. The second kappa shape index (κ2) is 5.91. The maximum absolute atomic E-state index is 5.47. The van der Waals surface area contributed by atoms with E-state index in [1.807, 2.05) is 13.8 Å². The number of anilines is 1. The Morgan fingerprint density at radius 3 is 2.78 bits per heavy atom. The van der Waals surface area contributed by atoms with Gasteiger partial charge in [-0.05, 0) is 25.6 Å². The van der Waals surface area contributed by atoms with Crippen LogP contribution in [0.2, 0.25) is 0 Å². The molecule has 9 heteroatoms. The third kappa shape index (κ3) is 3.50. The van der Waals surface area contributed by atoms with E-state index < -0.39 is 0 Å². The zero-order chi connectivity index (χ0) is 13.0. The molecule has 96 valence electrons. The van der Waals surface area contributed by atoms with E-state index >= 15 is 0 Å². The molecule has 0 amide bonds. The van der Waals surface area contributed by atoms with Crippen molar-refractivity contribution in [3.8, 4) is 6.01 Å².